The van der Waals surface area contributed by atoms with E-state index in [2.05, 4.69) is 21.2 Å². The smallest absolute Gasteiger partial charge is 0.405 e. The van der Waals surface area contributed by atoms with Crippen molar-refractivity contribution in [2.75, 3.05) is 0 Å². The lowest BCUT2D eigenvalue weighted by molar-refractivity contribution is 0.0659. The van der Waals surface area contributed by atoms with Gasteiger partial charge in [0.15, 0.2) is 0 Å². The molecule has 0 aliphatic carbocycles. The third kappa shape index (κ3) is 2.72. The zero-order valence-corrected chi connectivity index (χ0v) is 11.2. The van der Waals surface area contributed by atoms with Crippen molar-refractivity contribution >= 4 is 22.0 Å². The average molecular weight is 300 g/mol. The molecule has 0 radical (unpaired) electrons. The molecule has 5 heteroatoms. The topological polar surface area (TPSA) is 58.6 Å². The summed E-state index contributed by atoms with van der Waals surface area (Å²) in [4.78, 5) is 10.8. The van der Waals surface area contributed by atoms with Crippen molar-refractivity contribution in [3.63, 3.8) is 0 Å². The molecule has 1 aromatic carbocycles. The number of carboxylic acid groups (broad SMARTS) is 1. The first-order chi connectivity index (χ1) is 7.87. The maximum absolute atomic E-state index is 10.8. The first-order valence-corrected chi connectivity index (χ1v) is 6.15. The third-order valence-corrected chi connectivity index (χ3v) is 3.22. The molecular formula is C12H14BrNO3. The fraction of sp³-hybridized carbons (Fsp3) is 0.417. The number of benzene rings is 1. The summed E-state index contributed by atoms with van der Waals surface area (Å²) in [5, 5.41) is 11.4. The summed E-state index contributed by atoms with van der Waals surface area (Å²) in [6, 6.07) is 5.42. The van der Waals surface area contributed by atoms with E-state index in [9.17, 15) is 4.79 Å². The van der Waals surface area contributed by atoms with Crippen LogP contribution in [-0.4, -0.2) is 16.8 Å². The van der Waals surface area contributed by atoms with E-state index in [0.29, 0.717) is 6.42 Å². The van der Waals surface area contributed by atoms with Gasteiger partial charge in [-0.25, -0.2) is 4.79 Å². The molecule has 17 heavy (non-hydrogen) atoms. The van der Waals surface area contributed by atoms with Crippen LogP contribution in [0.15, 0.2) is 22.7 Å². The standard InChI is InChI=1S/C12H14BrNO3/c1-12(2)6-9(14-11(15)16)8-4-3-7(13)5-10(8)17-12/h3-5,9,14H,6H2,1-2H3,(H,15,16). The van der Waals surface area contributed by atoms with Crippen LogP contribution >= 0.6 is 15.9 Å². The van der Waals surface area contributed by atoms with Gasteiger partial charge < -0.3 is 15.2 Å². The Morgan fingerprint density at radius 2 is 2.29 bits per heavy atom. The van der Waals surface area contributed by atoms with E-state index in [1.165, 1.54) is 0 Å². The zero-order valence-electron chi connectivity index (χ0n) is 9.66. The van der Waals surface area contributed by atoms with Gasteiger partial charge >= 0.3 is 6.09 Å². The van der Waals surface area contributed by atoms with Gasteiger partial charge in [-0.2, -0.15) is 0 Å². The summed E-state index contributed by atoms with van der Waals surface area (Å²) < 4.78 is 6.77. The fourth-order valence-corrected chi connectivity index (χ4v) is 2.44. The van der Waals surface area contributed by atoms with Crippen molar-refractivity contribution in [1.82, 2.24) is 5.32 Å². The van der Waals surface area contributed by atoms with Crippen LogP contribution in [0.5, 0.6) is 5.75 Å². The van der Waals surface area contributed by atoms with E-state index in [1.807, 2.05) is 32.0 Å². The number of hydrogen-bond donors (Lipinski definition) is 2. The second-order valence-electron chi connectivity index (χ2n) is 4.75. The van der Waals surface area contributed by atoms with E-state index in [0.717, 1.165) is 15.8 Å². The van der Waals surface area contributed by atoms with E-state index in [4.69, 9.17) is 9.84 Å². The van der Waals surface area contributed by atoms with Crippen LogP contribution in [0.4, 0.5) is 4.79 Å². The maximum Gasteiger partial charge on any atom is 0.405 e. The predicted molar refractivity (Wildman–Crippen MR) is 67.4 cm³/mol. The van der Waals surface area contributed by atoms with Crippen LogP contribution in [0, 0.1) is 0 Å². The van der Waals surface area contributed by atoms with Crippen molar-refractivity contribution in [2.45, 2.75) is 31.9 Å². The van der Waals surface area contributed by atoms with E-state index < -0.39 is 6.09 Å². The summed E-state index contributed by atoms with van der Waals surface area (Å²) in [5.41, 5.74) is 0.510. The quantitative estimate of drug-likeness (QED) is 0.836. The molecule has 1 heterocycles. The van der Waals surface area contributed by atoms with Crippen molar-refractivity contribution in [3.05, 3.63) is 28.2 Å². The summed E-state index contributed by atoms with van der Waals surface area (Å²) >= 11 is 3.38. The average Bonchev–Trinajstić information content (AvgIpc) is 2.13. The fourth-order valence-electron chi connectivity index (χ4n) is 2.10. The highest BCUT2D eigenvalue weighted by Crippen LogP contribution is 2.40. The summed E-state index contributed by atoms with van der Waals surface area (Å²) in [6.45, 7) is 3.90. The lowest BCUT2D eigenvalue weighted by atomic mass is 9.90. The first-order valence-electron chi connectivity index (χ1n) is 5.35. The molecule has 0 saturated carbocycles. The Balaban J connectivity index is 2.40. The highest BCUT2D eigenvalue weighted by atomic mass is 79.9. The molecule has 0 saturated heterocycles. The largest absolute Gasteiger partial charge is 0.487 e. The second-order valence-corrected chi connectivity index (χ2v) is 5.67. The van der Waals surface area contributed by atoms with Gasteiger partial charge in [0.25, 0.3) is 0 Å². The number of rotatable bonds is 1. The minimum atomic E-state index is -1.01. The van der Waals surface area contributed by atoms with Crippen LogP contribution in [0.2, 0.25) is 0 Å². The number of hydrogen-bond acceptors (Lipinski definition) is 2. The van der Waals surface area contributed by atoms with Crippen molar-refractivity contribution < 1.29 is 14.6 Å². The summed E-state index contributed by atoms with van der Waals surface area (Å²) in [7, 11) is 0. The normalized spacial score (nSPS) is 21.2. The maximum atomic E-state index is 10.8. The van der Waals surface area contributed by atoms with Gasteiger partial charge in [0, 0.05) is 16.5 Å². The van der Waals surface area contributed by atoms with Crippen molar-refractivity contribution in [3.8, 4) is 5.75 Å². The van der Waals surface area contributed by atoms with Crippen LogP contribution < -0.4 is 10.1 Å². The number of ether oxygens (including phenoxy) is 1. The van der Waals surface area contributed by atoms with Crippen LogP contribution in [0.25, 0.3) is 0 Å². The van der Waals surface area contributed by atoms with Crippen LogP contribution in [0.1, 0.15) is 31.9 Å². The van der Waals surface area contributed by atoms with Gasteiger partial charge in [0.05, 0.1) is 6.04 Å². The monoisotopic (exact) mass is 299 g/mol. The molecule has 1 atom stereocenters. The zero-order chi connectivity index (χ0) is 12.6. The molecule has 4 nitrogen and oxygen atoms in total. The Hall–Kier alpha value is -1.23. The van der Waals surface area contributed by atoms with Gasteiger partial charge in [0.1, 0.15) is 11.4 Å². The molecule has 0 aromatic heterocycles. The SMILES string of the molecule is CC1(C)CC(NC(=O)O)c2ccc(Br)cc2O1. The van der Waals surface area contributed by atoms with E-state index >= 15 is 0 Å². The number of halogens is 1. The molecule has 0 spiro atoms. The molecule has 1 unspecified atom stereocenters. The first kappa shape index (κ1) is 12.2. The molecule has 1 aromatic rings. The second kappa shape index (κ2) is 4.22. The molecule has 1 amide bonds. The molecular weight excluding hydrogens is 286 g/mol. The van der Waals surface area contributed by atoms with Gasteiger partial charge in [-0.1, -0.05) is 22.0 Å². The summed E-state index contributed by atoms with van der Waals surface area (Å²) in [5.74, 6) is 0.731. The van der Waals surface area contributed by atoms with Crippen LogP contribution in [-0.2, 0) is 0 Å². The Labute approximate surface area is 108 Å². The Morgan fingerprint density at radius 3 is 2.94 bits per heavy atom. The number of amides is 1. The highest BCUT2D eigenvalue weighted by molar-refractivity contribution is 9.10. The van der Waals surface area contributed by atoms with Crippen molar-refractivity contribution in [1.29, 1.82) is 0 Å². The molecule has 0 bridgehead atoms. The van der Waals surface area contributed by atoms with Gasteiger partial charge in [-0.05, 0) is 26.0 Å². The van der Waals surface area contributed by atoms with Crippen LogP contribution in [0.3, 0.4) is 0 Å². The minimum Gasteiger partial charge on any atom is -0.487 e. The number of carbonyl (C=O) groups is 1. The van der Waals surface area contributed by atoms with E-state index in [-0.39, 0.29) is 11.6 Å². The van der Waals surface area contributed by atoms with Gasteiger partial charge in [-0.3, -0.25) is 0 Å². The lowest BCUT2D eigenvalue weighted by Crippen LogP contribution is -2.40. The minimum absolute atomic E-state index is 0.223. The van der Waals surface area contributed by atoms with Crippen molar-refractivity contribution in [2.24, 2.45) is 0 Å². The third-order valence-electron chi connectivity index (χ3n) is 2.73. The van der Waals surface area contributed by atoms with Gasteiger partial charge in [0.2, 0.25) is 0 Å². The van der Waals surface area contributed by atoms with Gasteiger partial charge in [-0.15, -0.1) is 0 Å². The molecule has 2 N–H and O–H groups in total. The number of nitrogens with one attached hydrogen (secondary N) is 1. The molecule has 0 fully saturated rings. The molecule has 1 aliphatic rings. The van der Waals surface area contributed by atoms with E-state index in [1.54, 1.807) is 0 Å². The predicted octanol–water partition coefficient (Wildman–Crippen LogP) is 3.32. The number of fused-ring (bicyclic) bond motifs is 1. The highest BCUT2D eigenvalue weighted by Gasteiger charge is 2.34. The lowest BCUT2D eigenvalue weighted by Gasteiger charge is -2.37. The summed E-state index contributed by atoms with van der Waals surface area (Å²) in [6.07, 6.45) is -0.393. The Morgan fingerprint density at radius 1 is 1.59 bits per heavy atom. The Kier molecular flexibility index (Phi) is 3.03. The molecule has 1 aliphatic heterocycles. The Bertz CT molecular complexity index is 459. The molecule has 92 valence electrons. The molecule has 2 rings (SSSR count).